The Morgan fingerprint density at radius 3 is 2.73 bits per heavy atom. The van der Waals surface area contributed by atoms with Crippen LogP contribution in [0.1, 0.15) is 24.6 Å². The number of quaternary nitrogens is 1. The number of aromatic nitrogens is 3. The van der Waals surface area contributed by atoms with E-state index < -0.39 is 4.92 Å². The van der Waals surface area contributed by atoms with Gasteiger partial charge in [-0.05, 0) is 76.9 Å². The monoisotopic (exact) mass is 684 g/mol. The van der Waals surface area contributed by atoms with Crippen molar-refractivity contribution in [2.45, 2.75) is 26.4 Å². The number of pyridine rings is 1. The fourth-order valence-electron chi connectivity index (χ4n) is 5.15. The fourth-order valence-corrected chi connectivity index (χ4v) is 5.60. The van der Waals surface area contributed by atoms with Crippen LogP contribution in [-0.2, 0) is 17.8 Å². The van der Waals surface area contributed by atoms with Gasteiger partial charge in [0.15, 0.2) is 5.78 Å². The third kappa shape index (κ3) is 9.01. The van der Waals surface area contributed by atoms with Crippen LogP contribution in [0.2, 0.25) is 10.0 Å². The number of nitrogens with zero attached hydrogens (tertiary/aromatic N) is 6. The average Bonchev–Trinajstić information content (AvgIpc) is 3.42. The molecule has 5 rings (SSSR count). The second-order valence-electron chi connectivity index (χ2n) is 11.7. The van der Waals surface area contributed by atoms with Crippen molar-refractivity contribution in [2.75, 3.05) is 32.5 Å². The summed E-state index contributed by atoms with van der Waals surface area (Å²) in [6.45, 7) is 2.87. The summed E-state index contributed by atoms with van der Waals surface area (Å²) in [6.07, 6.45) is 6.77. The highest BCUT2D eigenvalue weighted by molar-refractivity contribution is 6.32. The third-order valence-corrected chi connectivity index (χ3v) is 7.84. The van der Waals surface area contributed by atoms with E-state index in [-0.39, 0.29) is 18.0 Å². The van der Waals surface area contributed by atoms with Gasteiger partial charge in [-0.2, -0.15) is 0 Å². The van der Waals surface area contributed by atoms with E-state index in [0.717, 1.165) is 5.56 Å². The van der Waals surface area contributed by atoms with E-state index in [1.54, 1.807) is 43.5 Å². The zero-order chi connectivity index (χ0) is 34.3. The number of benzene rings is 2. The number of ketones is 1. The second-order valence-corrected chi connectivity index (χ2v) is 12.6. The number of carbonyl (C=O) groups excluding carboxylic acids is 1. The van der Waals surface area contributed by atoms with Crippen LogP contribution in [-0.4, -0.2) is 63.0 Å². The smallest absolute Gasteiger partial charge is 0.369 e. The molecule has 2 aromatic heterocycles. The summed E-state index contributed by atoms with van der Waals surface area (Å²) < 4.78 is 6.28. The van der Waals surface area contributed by atoms with E-state index in [0.29, 0.717) is 85.8 Å². The van der Waals surface area contributed by atoms with Gasteiger partial charge in [0, 0.05) is 21.8 Å². The number of nitro groups is 1. The fraction of sp³-hybridized carbons (Fsp3) is 0.229. The summed E-state index contributed by atoms with van der Waals surface area (Å²) in [7, 11) is 3.88. The highest BCUT2D eigenvalue weighted by Crippen LogP contribution is 2.31. The molecule has 1 aliphatic rings. The van der Waals surface area contributed by atoms with E-state index in [4.69, 9.17) is 27.9 Å². The Morgan fingerprint density at radius 1 is 1.15 bits per heavy atom. The Morgan fingerprint density at radius 2 is 1.98 bits per heavy atom. The van der Waals surface area contributed by atoms with Gasteiger partial charge < -0.3 is 24.7 Å². The molecule has 244 valence electrons. The quantitative estimate of drug-likeness (QED) is 0.0537. The number of allylic oxidation sites excluding steroid dienone is 1. The summed E-state index contributed by atoms with van der Waals surface area (Å²) >= 11 is 12.6. The Bertz CT molecular complexity index is 2050. The number of aliphatic imine (C=N–C) groups is 1. The molecule has 0 bridgehead atoms. The maximum Gasteiger partial charge on any atom is 0.369 e. The first-order chi connectivity index (χ1) is 23.0. The lowest BCUT2D eigenvalue weighted by atomic mass is 10.1. The maximum absolute atomic E-state index is 12.9. The minimum Gasteiger partial charge on any atom is -0.487 e. The molecule has 0 aliphatic carbocycles. The molecule has 0 amide bonds. The van der Waals surface area contributed by atoms with Gasteiger partial charge in [0.2, 0.25) is 5.71 Å². The SMILES string of the molecule is CC#CC1=NC([N+](=O)[O-])=C(C[N+](C)(C)C/C=C/C(=O)Cc2cc3c(Nc4ccc(OCc5cccc(Cl)c5)c(Cl)c4)ncnc3cn2)C1. The molecule has 0 spiro atoms. The predicted molar refractivity (Wildman–Crippen MR) is 187 cm³/mol. The lowest BCUT2D eigenvalue weighted by Crippen LogP contribution is -2.41. The number of hydrogen-bond donors (Lipinski definition) is 1. The topological polar surface area (TPSA) is 132 Å². The lowest BCUT2D eigenvalue weighted by molar-refractivity contribution is -0.880. The molecule has 3 heterocycles. The van der Waals surface area contributed by atoms with Crippen LogP contribution in [0.4, 0.5) is 11.5 Å². The van der Waals surface area contributed by atoms with Gasteiger partial charge in [-0.15, -0.1) is 0 Å². The Labute approximate surface area is 287 Å². The van der Waals surface area contributed by atoms with Gasteiger partial charge >= 0.3 is 5.82 Å². The van der Waals surface area contributed by atoms with Crippen LogP contribution in [0.15, 0.2) is 89.6 Å². The molecule has 1 N–H and O–H groups in total. The van der Waals surface area contributed by atoms with Crippen molar-refractivity contribution in [3.8, 4) is 17.6 Å². The number of halogens is 2. The highest BCUT2D eigenvalue weighted by Gasteiger charge is 2.32. The van der Waals surface area contributed by atoms with Crippen molar-refractivity contribution in [2.24, 2.45) is 4.99 Å². The summed E-state index contributed by atoms with van der Waals surface area (Å²) in [5.41, 5.74) is 3.89. The number of nitrogens with one attached hydrogen (secondary N) is 1. The van der Waals surface area contributed by atoms with Gasteiger partial charge in [-0.3, -0.25) is 9.78 Å². The first-order valence-electron chi connectivity index (χ1n) is 14.9. The maximum atomic E-state index is 12.9. The molecule has 11 nitrogen and oxygen atoms in total. The first kappa shape index (κ1) is 34.2. The third-order valence-electron chi connectivity index (χ3n) is 7.31. The molecule has 48 heavy (non-hydrogen) atoms. The van der Waals surface area contributed by atoms with E-state index in [2.05, 4.69) is 37.1 Å². The molecule has 0 saturated heterocycles. The summed E-state index contributed by atoms with van der Waals surface area (Å²) in [6, 6.07) is 14.6. The molecule has 0 fully saturated rings. The minimum atomic E-state index is -0.466. The number of ether oxygens (including phenoxy) is 1. The van der Waals surface area contributed by atoms with Crippen molar-refractivity contribution in [1.82, 2.24) is 15.0 Å². The Kier molecular flexibility index (Phi) is 10.8. The molecule has 0 unspecified atom stereocenters. The molecule has 0 atom stereocenters. The summed E-state index contributed by atoms with van der Waals surface area (Å²) in [4.78, 5) is 41.2. The standard InChI is InChI=1S/C35H32Cl2N7O4/c1-4-7-26-15-24(35(42-26)43(46)47)20-44(2,3)13-6-10-29(45)16-28-17-30-32(19-38-28)39-22-40-34(30)41-27-11-12-33(31(37)18-27)48-21-23-8-5-9-25(36)14-23/h5-6,8-12,14,17-19,22H,13,15-16,20-21H2,1-3H3,(H,39,40,41)/q+1/b10-6+. The highest BCUT2D eigenvalue weighted by atomic mass is 35.5. The van der Waals surface area contributed by atoms with Crippen molar-refractivity contribution in [3.05, 3.63) is 116 Å². The number of anilines is 2. The van der Waals surface area contributed by atoms with Crippen molar-refractivity contribution < 1.29 is 18.9 Å². The van der Waals surface area contributed by atoms with Gasteiger partial charge in [0.05, 0.1) is 55.8 Å². The lowest BCUT2D eigenvalue weighted by Gasteiger charge is -2.28. The number of rotatable bonds is 13. The van der Waals surface area contributed by atoms with E-state index in [1.165, 1.54) is 12.4 Å². The molecular formula is C35H32Cl2N7O4+. The van der Waals surface area contributed by atoms with E-state index in [1.807, 2.05) is 38.4 Å². The number of likely N-dealkylation sites (N-methyl/N-ethyl adjacent to an activating group) is 1. The summed E-state index contributed by atoms with van der Waals surface area (Å²) in [5, 5.41) is 16.5. The molecule has 0 radical (unpaired) electrons. The van der Waals surface area contributed by atoms with Gasteiger partial charge in [-0.1, -0.05) is 41.3 Å². The number of fused-ring (bicyclic) bond motifs is 1. The largest absolute Gasteiger partial charge is 0.487 e. The van der Waals surface area contributed by atoms with E-state index >= 15 is 0 Å². The zero-order valence-corrected chi connectivity index (χ0v) is 28.0. The Balaban J connectivity index is 1.21. The van der Waals surface area contributed by atoms with Gasteiger partial charge in [-0.25, -0.2) is 9.97 Å². The molecule has 0 saturated carbocycles. The Hall–Kier alpha value is -5.15. The number of hydrogen-bond acceptors (Lipinski definition) is 9. The second kappa shape index (κ2) is 15.2. The molecule has 4 aromatic rings. The van der Waals surface area contributed by atoms with Crippen molar-refractivity contribution >= 4 is 57.1 Å². The number of carbonyl (C=O) groups is 1. The van der Waals surface area contributed by atoms with Crippen LogP contribution in [0.25, 0.3) is 10.9 Å². The molecule has 13 heteroatoms. The van der Waals surface area contributed by atoms with Crippen molar-refractivity contribution in [3.63, 3.8) is 0 Å². The summed E-state index contributed by atoms with van der Waals surface area (Å²) in [5.74, 6) is 6.35. The van der Waals surface area contributed by atoms with Crippen molar-refractivity contribution in [1.29, 1.82) is 0 Å². The molecule has 2 aromatic carbocycles. The van der Waals surface area contributed by atoms with E-state index in [9.17, 15) is 14.9 Å². The first-order valence-corrected chi connectivity index (χ1v) is 15.7. The average molecular weight is 686 g/mol. The van der Waals surface area contributed by atoms with Crippen LogP contribution in [0.5, 0.6) is 5.75 Å². The van der Waals surface area contributed by atoms with Crippen LogP contribution >= 0.6 is 23.2 Å². The van der Waals surface area contributed by atoms with Crippen LogP contribution in [0.3, 0.4) is 0 Å². The van der Waals surface area contributed by atoms with Crippen LogP contribution < -0.4 is 10.1 Å². The van der Waals surface area contributed by atoms with Gasteiger partial charge in [0.1, 0.15) is 31.0 Å². The minimum absolute atomic E-state index is 0.0716. The molecule has 1 aliphatic heterocycles. The van der Waals surface area contributed by atoms with Gasteiger partial charge in [0.25, 0.3) is 0 Å². The molecular weight excluding hydrogens is 653 g/mol. The predicted octanol–water partition coefficient (Wildman–Crippen LogP) is 6.75. The normalized spacial score (nSPS) is 13.0. The van der Waals surface area contributed by atoms with Crippen LogP contribution in [0, 0.1) is 22.0 Å². The zero-order valence-electron chi connectivity index (χ0n) is 26.5.